The van der Waals surface area contributed by atoms with Gasteiger partial charge in [0, 0.05) is 11.1 Å². The summed E-state index contributed by atoms with van der Waals surface area (Å²) in [6.07, 6.45) is 6.57. The summed E-state index contributed by atoms with van der Waals surface area (Å²) in [5, 5.41) is 7.26. The van der Waals surface area contributed by atoms with Crippen LogP contribution in [0.4, 0.5) is 0 Å². The van der Waals surface area contributed by atoms with Crippen LogP contribution in [0.2, 0.25) is 0 Å². The Bertz CT molecular complexity index is 2850. The van der Waals surface area contributed by atoms with Crippen LogP contribution in [0, 0.1) is 0 Å². The van der Waals surface area contributed by atoms with E-state index in [2.05, 4.69) is 168 Å². The van der Waals surface area contributed by atoms with Crippen molar-refractivity contribution in [3.05, 3.63) is 183 Å². The molecule has 10 rings (SSSR count). The van der Waals surface area contributed by atoms with Crippen LogP contribution in [0.5, 0.6) is 0 Å². The number of hydrogen-bond acceptors (Lipinski definition) is 4. The summed E-state index contributed by atoms with van der Waals surface area (Å²) in [4.78, 5) is 8.72. The van der Waals surface area contributed by atoms with Crippen LogP contribution in [0.3, 0.4) is 0 Å². The second-order valence-corrected chi connectivity index (χ2v) is 13.0. The molecule has 52 heavy (non-hydrogen) atoms. The maximum Gasteiger partial charge on any atom is 0.225 e. The molecular weight excluding hydrogens is 637 g/mol. The van der Waals surface area contributed by atoms with Gasteiger partial charge in [0.1, 0.15) is 12.5 Å². The third-order valence-corrected chi connectivity index (χ3v) is 10.0. The monoisotopic (exact) mass is 666 g/mol. The van der Waals surface area contributed by atoms with Crippen LogP contribution in [0.15, 0.2) is 191 Å². The minimum Gasteiger partial charge on any atom is -0.445 e. The number of rotatable bonds is 6. The highest BCUT2D eigenvalue weighted by Crippen LogP contribution is 2.45. The van der Waals surface area contributed by atoms with E-state index in [1.165, 1.54) is 60.1 Å². The predicted octanol–water partition coefficient (Wildman–Crippen LogP) is 13.1. The molecule has 244 valence electrons. The van der Waals surface area contributed by atoms with Gasteiger partial charge < -0.3 is 8.83 Å². The van der Waals surface area contributed by atoms with Gasteiger partial charge in [-0.3, -0.25) is 0 Å². The molecule has 4 heteroatoms. The second-order valence-electron chi connectivity index (χ2n) is 13.0. The first-order valence-corrected chi connectivity index (χ1v) is 17.4. The van der Waals surface area contributed by atoms with Crippen LogP contribution < -0.4 is 0 Å². The second kappa shape index (κ2) is 12.4. The topological polar surface area (TPSA) is 52.1 Å². The molecular formula is C48H30N2O2. The molecule has 0 aliphatic carbocycles. The maximum atomic E-state index is 5.60. The molecule has 2 aromatic heterocycles. The van der Waals surface area contributed by atoms with Crippen molar-refractivity contribution in [2.45, 2.75) is 0 Å². The molecule has 0 aliphatic rings. The average Bonchev–Trinajstić information content (AvgIpc) is 3.96. The zero-order valence-corrected chi connectivity index (χ0v) is 28.0. The van der Waals surface area contributed by atoms with Crippen LogP contribution in [0.25, 0.3) is 99.7 Å². The van der Waals surface area contributed by atoms with Crippen molar-refractivity contribution in [2.75, 3.05) is 0 Å². The van der Waals surface area contributed by atoms with Crippen molar-refractivity contribution >= 4 is 32.3 Å². The Kier molecular flexibility index (Phi) is 7.10. The normalized spacial score (nSPS) is 11.5. The van der Waals surface area contributed by atoms with Crippen LogP contribution >= 0.6 is 0 Å². The summed E-state index contributed by atoms with van der Waals surface area (Å²) >= 11 is 0. The van der Waals surface area contributed by atoms with E-state index in [0.29, 0.717) is 11.8 Å². The molecule has 0 saturated carbocycles. The lowest BCUT2D eigenvalue weighted by atomic mass is 9.84. The van der Waals surface area contributed by atoms with Crippen molar-refractivity contribution in [3.63, 3.8) is 0 Å². The van der Waals surface area contributed by atoms with Gasteiger partial charge in [0.2, 0.25) is 11.8 Å². The van der Waals surface area contributed by atoms with Crippen molar-refractivity contribution < 1.29 is 8.83 Å². The Morgan fingerprint density at radius 2 is 0.788 bits per heavy atom. The van der Waals surface area contributed by atoms with E-state index in [0.717, 1.165) is 27.8 Å². The van der Waals surface area contributed by atoms with E-state index in [-0.39, 0.29) is 0 Å². The highest BCUT2D eigenvalue weighted by atomic mass is 16.3. The third kappa shape index (κ3) is 5.09. The van der Waals surface area contributed by atoms with Crippen molar-refractivity contribution in [1.82, 2.24) is 9.97 Å². The smallest absolute Gasteiger partial charge is 0.225 e. The Balaban J connectivity index is 1.16. The first-order chi connectivity index (χ1) is 25.8. The molecule has 0 atom stereocenters. The van der Waals surface area contributed by atoms with E-state index in [1.807, 2.05) is 0 Å². The molecule has 10 aromatic rings. The summed E-state index contributed by atoms with van der Waals surface area (Å²) in [7, 11) is 0. The third-order valence-electron chi connectivity index (χ3n) is 10.0. The van der Waals surface area contributed by atoms with Gasteiger partial charge in [-0.05, 0) is 107 Å². The summed E-state index contributed by atoms with van der Waals surface area (Å²) < 4.78 is 11.2. The summed E-state index contributed by atoms with van der Waals surface area (Å²) in [6.45, 7) is 0. The zero-order valence-electron chi connectivity index (χ0n) is 28.0. The number of aromatic nitrogens is 2. The van der Waals surface area contributed by atoms with Gasteiger partial charge >= 0.3 is 0 Å². The molecule has 0 spiro atoms. The molecule has 0 unspecified atom stereocenters. The van der Waals surface area contributed by atoms with Gasteiger partial charge in [0.25, 0.3) is 0 Å². The van der Waals surface area contributed by atoms with Gasteiger partial charge in [-0.25, -0.2) is 9.97 Å². The first-order valence-electron chi connectivity index (χ1n) is 17.4. The Morgan fingerprint density at radius 1 is 0.327 bits per heavy atom. The van der Waals surface area contributed by atoms with E-state index in [1.54, 1.807) is 24.9 Å². The van der Waals surface area contributed by atoms with Gasteiger partial charge in [-0.15, -0.1) is 0 Å². The quantitative estimate of drug-likeness (QED) is 0.166. The van der Waals surface area contributed by atoms with Gasteiger partial charge in [-0.2, -0.15) is 0 Å². The number of hydrogen-bond donors (Lipinski definition) is 0. The predicted molar refractivity (Wildman–Crippen MR) is 212 cm³/mol. The Morgan fingerprint density at radius 3 is 1.38 bits per heavy atom. The minimum absolute atomic E-state index is 0.610. The first kappa shape index (κ1) is 29.8. The maximum absolute atomic E-state index is 5.60. The van der Waals surface area contributed by atoms with E-state index in [4.69, 9.17) is 8.83 Å². The fraction of sp³-hybridized carbons (Fsp3) is 0. The fourth-order valence-corrected chi connectivity index (χ4v) is 7.59. The lowest BCUT2D eigenvalue weighted by Gasteiger charge is -2.19. The highest BCUT2D eigenvalue weighted by Gasteiger charge is 2.18. The van der Waals surface area contributed by atoms with Crippen molar-refractivity contribution in [3.8, 4) is 67.4 Å². The van der Waals surface area contributed by atoms with Crippen LogP contribution in [-0.4, -0.2) is 9.97 Å². The number of fused-ring (bicyclic) bond motifs is 3. The van der Waals surface area contributed by atoms with E-state index >= 15 is 0 Å². The lowest BCUT2D eigenvalue weighted by Crippen LogP contribution is -1.92. The molecule has 8 aromatic carbocycles. The molecule has 0 saturated heterocycles. The number of benzene rings is 8. The Hall–Kier alpha value is -7.04. The summed E-state index contributed by atoms with van der Waals surface area (Å²) in [5.41, 5.74) is 11.3. The highest BCUT2D eigenvalue weighted by molar-refractivity contribution is 6.22. The fourth-order valence-electron chi connectivity index (χ4n) is 7.59. The van der Waals surface area contributed by atoms with Gasteiger partial charge in [-0.1, -0.05) is 127 Å². The van der Waals surface area contributed by atoms with Crippen LogP contribution in [-0.2, 0) is 0 Å². The lowest BCUT2D eigenvalue weighted by molar-refractivity contribution is 0.574. The molecule has 0 amide bonds. The molecule has 0 bridgehead atoms. The average molecular weight is 667 g/mol. The summed E-state index contributed by atoms with van der Waals surface area (Å²) in [6, 6.07) is 56.7. The molecule has 0 aliphatic heterocycles. The molecule has 4 nitrogen and oxygen atoms in total. The van der Waals surface area contributed by atoms with Crippen LogP contribution in [0.1, 0.15) is 0 Å². The number of oxazole rings is 2. The van der Waals surface area contributed by atoms with Gasteiger partial charge in [0.15, 0.2) is 0 Å². The van der Waals surface area contributed by atoms with Crippen molar-refractivity contribution in [2.24, 2.45) is 0 Å². The SMILES string of the molecule is c1ccc2c(-c3ccc(-c4ccc5c(-c6ccc(-c7ncco7)cc6)c6ccccc6c(-c6ccc(-c7ncco7)cc6)c5c4)cc3)cccc2c1. The largest absolute Gasteiger partial charge is 0.445 e. The molecule has 0 radical (unpaired) electrons. The molecule has 0 N–H and O–H groups in total. The van der Waals surface area contributed by atoms with Gasteiger partial charge in [0.05, 0.1) is 12.4 Å². The molecule has 0 fully saturated rings. The van der Waals surface area contributed by atoms with E-state index < -0.39 is 0 Å². The Labute approximate surface area is 300 Å². The molecule has 2 heterocycles. The standard InChI is InChI=1S/C48H30N2O2/c1-2-8-39-32(6-1)7-5-11-40(39)33-14-12-31(13-15-33)38-24-25-43-44(30-38)46(35-18-22-37(23-19-35)48-50-27-29-52-48)42-10-4-3-9-41(42)45(43)34-16-20-36(21-17-34)47-49-26-28-51-47/h1-30H. The minimum atomic E-state index is 0.610. The van der Waals surface area contributed by atoms with E-state index in [9.17, 15) is 0 Å². The zero-order chi connectivity index (χ0) is 34.4. The van der Waals surface area contributed by atoms with Crippen molar-refractivity contribution in [1.29, 1.82) is 0 Å². The number of nitrogens with zero attached hydrogens (tertiary/aromatic N) is 2. The summed E-state index contributed by atoms with van der Waals surface area (Å²) in [5.74, 6) is 1.22.